The van der Waals surface area contributed by atoms with Crippen molar-refractivity contribution in [1.82, 2.24) is 14.9 Å². The Hall–Kier alpha value is -2.18. The molecule has 2 aromatic rings. The fourth-order valence-corrected chi connectivity index (χ4v) is 3.30. The molecule has 1 fully saturated rings. The number of nitrogens with zero attached hydrogens (tertiary/aromatic N) is 4. The molecule has 1 aromatic heterocycles. The van der Waals surface area contributed by atoms with Crippen molar-refractivity contribution in [2.75, 3.05) is 37.6 Å². The molecule has 0 saturated carbocycles. The number of hydrogen-bond acceptors (Lipinski definition) is 4. The average Bonchev–Trinajstić information content (AvgIpc) is 2.67. The van der Waals surface area contributed by atoms with Crippen LogP contribution in [0.2, 0.25) is 5.02 Å². The predicted molar refractivity (Wildman–Crippen MR) is 97.5 cm³/mol. The van der Waals surface area contributed by atoms with E-state index in [1.54, 1.807) is 18.5 Å². The van der Waals surface area contributed by atoms with Gasteiger partial charge in [0.05, 0.1) is 0 Å². The molecule has 1 saturated heterocycles. The van der Waals surface area contributed by atoms with Gasteiger partial charge in [-0.25, -0.2) is 9.97 Å². The van der Waals surface area contributed by atoms with Crippen LogP contribution >= 0.6 is 11.6 Å². The fourth-order valence-electron chi connectivity index (χ4n) is 2.99. The van der Waals surface area contributed by atoms with Crippen LogP contribution in [0.15, 0.2) is 42.7 Å². The largest absolute Gasteiger partial charge is 0.337 e. The number of nitrogens with two attached hydrogens (primary N) is 1. The third-order valence-electron chi connectivity index (χ3n) is 4.51. The van der Waals surface area contributed by atoms with Gasteiger partial charge in [-0.05, 0) is 19.1 Å². The van der Waals surface area contributed by atoms with E-state index in [0.717, 1.165) is 29.6 Å². The number of amides is 1. The number of carbonyl (C=O) groups excluding carboxylic acids is 1. The summed E-state index contributed by atoms with van der Waals surface area (Å²) in [4.78, 5) is 25.0. The van der Waals surface area contributed by atoms with E-state index in [-0.39, 0.29) is 11.9 Å². The van der Waals surface area contributed by atoms with E-state index in [1.807, 2.05) is 34.5 Å². The number of anilines is 1. The van der Waals surface area contributed by atoms with Crippen molar-refractivity contribution in [2.45, 2.75) is 13.0 Å². The highest BCUT2D eigenvalue weighted by Gasteiger charge is 2.24. The van der Waals surface area contributed by atoms with Crippen molar-refractivity contribution in [1.29, 1.82) is 0 Å². The van der Waals surface area contributed by atoms with E-state index in [9.17, 15) is 4.79 Å². The minimum Gasteiger partial charge on any atom is -0.337 e. The van der Waals surface area contributed by atoms with Crippen LogP contribution in [0.25, 0.3) is 0 Å². The minimum atomic E-state index is 0.150. The first-order chi connectivity index (χ1) is 12.1. The zero-order valence-corrected chi connectivity index (χ0v) is 15.1. The van der Waals surface area contributed by atoms with E-state index in [4.69, 9.17) is 11.6 Å². The summed E-state index contributed by atoms with van der Waals surface area (Å²) in [5.41, 5.74) is 1.06. The van der Waals surface area contributed by atoms with E-state index < -0.39 is 0 Å². The summed E-state index contributed by atoms with van der Waals surface area (Å²) in [6.45, 7) is 5.41. The van der Waals surface area contributed by atoms with Crippen LogP contribution in [-0.2, 0) is 4.79 Å². The van der Waals surface area contributed by atoms with Crippen LogP contribution in [0.1, 0.15) is 18.5 Å². The molecule has 132 valence electrons. The Morgan fingerprint density at radius 3 is 2.52 bits per heavy atom. The highest BCUT2D eigenvalue weighted by Crippen LogP contribution is 2.19. The van der Waals surface area contributed by atoms with E-state index in [1.165, 1.54) is 0 Å². The smallest absolute Gasteiger partial charge is 0.277 e. The molecule has 0 unspecified atom stereocenters. The Bertz CT molecular complexity index is 704. The van der Waals surface area contributed by atoms with Gasteiger partial charge in [-0.1, -0.05) is 29.8 Å². The molecule has 2 heterocycles. The lowest BCUT2D eigenvalue weighted by atomic mass is 10.1. The van der Waals surface area contributed by atoms with E-state index in [0.29, 0.717) is 19.6 Å². The number of aromatic nitrogens is 2. The van der Waals surface area contributed by atoms with Crippen LogP contribution < -0.4 is 10.2 Å². The van der Waals surface area contributed by atoms with Crippen LogP contribution in [-0.4, -0.2) is 53.5 Å². The first-order valence-corrected chi connectivity index (χ1v) is 8.90. The number of halogens is 1. The number of carbonyl (C=O) groups is 1. The Kier molecular flexibility index (Phi) is 5.83. The van der Waals surface area contributed by atoms with Crippen molar-refractivity contribution in [3.63, 3.8) is 0 Å². The summed E-state index contributed by atoms with van der Waals surface area (Å²) in [5.74, 6) is 0.890. The van der Waals surface area contributed by atoms with Crippen molar-refractivity contribution >= 4 is 23.5 Å². The summed E-state index contributed by atoms with van der Waals surface area (Å²) in [7, 11) is 0. The monoisotopic (exact) mass is 360 g/mol. The summed E-state index contributed by atoms with van der Waals surface area (Å²) >= 11 is 6.22. The zero-order chi connectivity index (χ0) is 17.6. The standard InChI is InChI=1S/C18H22ClN5O/c1-14(15-5-2-3-6-16(15)19)22-13-17(25)23-9-11-24(12-10-23)18-20-7-4-8-21-18/h2-8,14,22H,9-13H2,1H3/p+1/t14-/m1/s1. The first kappa shape index (κ1) is 17.6. The maximum absolute atomic E-state index is 12.5. The molecular weight excluding hydrogens is 338 g/mol. The van der Waals surface area contributed by atoms with E-state index >= 15 is 0 Å². The number of quaternary nitrogens is 1. The van der Waals surface area contributed by atoms with Gasteiger partial charge < -0.3 is 15.1 Å². The number of piperazine rings is 1. The van der Waals surface area contributed by atoms with Gasteiger partial charge in [0.1, 0.15) is 6.04 Å². The molecule has 6 nitrogen and oxygen atoms in total. The van der Waals surface area contributed by atoms with Crippen molar-refractivity contribution < 1.29 is 10.1 Å². The topological polar surface area (TPSA) is 65.9 Å². The molecule has 1 atom stereocenters. The second-order valence-corrected chi connectivity index (χ2v) is 6.57. The summed E-state index contributed by atoms with van der Waals surface area (Å²) < 4.78 is 0. The fraction of sp³-hybridized carbons (Fsp3) is 0.389. The van der Waals surface area contributed by atoms with Gasteiger partial charge in [-0.15, -0.1) is 0 Å². The Morgan fingerprint density at radius 1 is 1.16 bits per heavy atom. The van der Waals surface area contributed by atoms with E-state index in [2.05, 4.69) is 21.8 Å². The third kappa shape index (κ3) is 4.46. The van der Waals surface area contributed by atoms with Gasteiger partial charge in [0.25, 0.3) is 5.91 Å². The summed E-state index contributed by atoms with van der Waals surface area (Å²) in [5, 5.41) is 2.78. The zero-order valence-electron chi connectivity index (χ0n) is 14.3. The second-order valence-electron chi connectivity index (χ2n) is 6.17. The van der Waals surface area contributed by atoms with Crippen LogP contribution in [0.3, 0.4) is 0 Å². The maximum atomic E-state index is 12.5. The van der Waals surface area contributed by atoms with Crippen LogP contribution in [0.4, 0.5) is 5.95 Å². The lowest BCUT2D eigenvalue weighted by Crippen LogP contribution is -2.87. The van der Waals surface area contributed by atoms with Gasteiger partial charge in [-0.3, -0.25) is 4.79 Å². The predicted octanol–water partition coefficient (Wildman–Crippen LogP) is 1.10. The molecular formula is C18H23ClN5O+. The minimum absolute atomic E-state index is 0.150. The molecule has 3 rings (SSSR count). The third-order valence-corrected chi connectivity index (χ3v) is 4.85. The highest BCUT2D eigenvalue weighted by atomic mass is 35.5. The molecule has 1 aromatic carbocycles. The molecule has 1 amide bonds. The van der Waals surface area contributed by atoms with Crippen molar-refractivity contribution in [3.8, 4) is 0 Å². The van der Waals surface area contributed by atoms with Crippen molar-refractivity contribution in [2.24, 2.45) is 0 Å². The number of rotatable bonds is 5. The average molecular weight is 361 g/mol. The lowest BCUT2D eigenvalue weighted by Gasteiger charge is -2.34. The number of benzene rings is 1. The Labute approximate surface area is 152 Å². The molecule has 2 N–H and O–H groups in total. The highest BCUT2D eigenvalue weighted by molar-refractivity contribution is 6.31. The SMILES string of the molecule is C[C@@H]([NH2+]CC(=O)N1CCN(c2ncccn2)CC1)c1ccccc1Cl. The maximum Gasteiger partial charge on any atom is 0.277 e. The Morgan fingerprint density at radius 2 is 1.84 bits per heavy atom. The molecule has 7 heteroatoms. The molecule has 0 aliphatic carbocycles. The molecule has 1 aliphatic rings. The molecule has 0 bridgehead atoms. The van der Waals surface area contributed by atoms with Gasteiger partial charge >= 0.3 is 0 Å². The van der Waals surface area contributed by atoms with Gasteiger partial charge in [-0.2, -0.15) is 0 Å². The van der Waals surface area contributed by atoms with Gasteiger partial charge in [0.15, 0.2) is 6.54 Å². The first-order valence-electron chi connectivity index (χ1n) is 8.52. The molecule has 0 radical (unpaired) electrons. The van der Waals surface area contributed by atoms with Gasteiger partial charge in [0, 0.05) is 49.2 Å². The number of hydrogen-bond donors (Lipinski definition) is 1. The molecule has 25 heavy (non-hydrogen) atoms. The lowest BCUT2D eigenvalue weighted by molar-refractivity contribution is -0.683. The van der Waals surface area contributed by atoms with Crippen molar-refractivity contribution in [3.05, 3.63) is 53.3 Å². The molecule has 1 aliphatic heterocycles. The second kappa shape index (κ2) is 8.27. The summed E-state index contributed by atoms with van der Waals surface area (Å²) in [6.07, 6.45) is 3.48. The quantitative estimate of drug-likeness (QED) is 0.867. The van der Waals surface area contributed by atoms with Crippen LogP contribution in [0, 0.1) is 0 Å². The normalized spacial score (nSPS) is 15.9. The van der Waals surface area contributed by atoms with Crippen LogP contribution in [0.5, 0.6) is 0 Å². The van der Waals surface area contributed by atoms with Gasteiger partial charge in [0.2, 0.25) is 5.95 Å². The Balaban J connectivity index is 1.47. The summed E-state index contributed by atoms with van der Waals surface area (Å²) in [6, 6.07) is 9.73. The molecule has 0 spiro atoms.